The van der Waals surface area contributed by atoms with Gasteiger partial charge in [-0.3, -0.25) is 9.36 Å². The van der Waals surface area contributed by atoms with Gasteiger partial charge in [-0.2, -0.15) is 0 Å². The first-order valence-corrected chi connectivity index (χ1v) is 14.7. The number of nitrogens with zero attached hydrogens (tertiary/aromatic N) is 2. The molecule has 2 heterocycles. The maximum absolute atomic E-state index is 13.8. The van der Waals surface area contributed by atoms with Gasteiger partial charge in [0.1, 0.15) is 12.4 Å². The Bertz CT molecular complexity index is 1820. The highest BCUT2D eigenvalue weighted by atomic mass is 79.9. The first-order valence-electron chi connectivity index (χ1n) is 12.4. The van der Waals surface area contributed by atoms with E-state index in [0.717, 1.165) is 21.2 Å². The minimum absolute atomic E-state index is 0.225. The topological polar surface area (TPSA) is 69.9 Å². The van der Waals surface area contributed by atoms with Gasteiger partial charge >= 0.3 is 5.97 Å². The molecule has 10 heteroatoms. The predicted molar refractivity (Wildman–Crippen MR) is 162 cm³/mol. The number of allylic oxidation sites excluding steroid dienone is 1. The third-order valence-corrected chi connectivity index (χ3v) is 8.47. The second kappa shape index (κ2) is 12.1. The second-order valence-electron chi connectivity index (χ2n) is 8.93. The molecule has 204 valence electrons. The molecule has 0 N–H and O–H groups in total. The lowest BCUT2D eigenvalue weighted by molar-refractivity contribution is -0.139. The van der Waals surface area contributed by atoms with Crippen LogP contribution < -0.4 is 19.6 Å². The molecule has 1 atom stereocenters. The summed E-state index contributed by atoms with van der Waals surface area (Å²) in [6.45, 7) is 4.02. The number of fused-ring (bicyclic) bond motifs is 1. The molecule has 0 saturated carbocycles. The van der Waals surface area contributed by atoms with Gasteiger partial charge in [0.05, 0.1) is 32.9 Å². The molecule has 40 heavy (non-hydrogen) atoms. The molecular weight excluding hydrogens is 635 g/mol. The van der Waals surface area contributed by atoms with Crippen molar-refractivity contribution in [3.63, 3.8) is 0 Å². The summed E-state index contributed by atoms with van der Waals surface area (Å²) < 4.78 is 14.1. The second-order valence-corrected chi connectivity index (χ2v) is 11.6. The van der Waals surface area contributed by atoms with Crippen LogP contribution in [-0.2, 0) is 16.1 Å². The number of thiazole rings is 1. The number of ether oxygens (including phenoxy) is 2. The van der Waals surface area contributed by atoms with Crippen LogP contribution in [0.2, 0.25) is 10.0 Å². The Morgan fingerprint density at radius 1 is 1.12 bits per heavy atom. The fourth-order valence-electron chi connectivity index (χ4n) is 4.41. The van der Waals surface area contributed by atoms with Crippen molar-refractivity contribution in [2.45, 2.75) is 26.5 Å². The molecule has 0 spiro atoms. The standard InChI is InChI=1S/C30H23BrCl2N2O4S/c1-3-38-29(37)26-17(2)34-30-35(27(26)19-7-5-4-6-8-19)28(36)25(40-30)14-18-9-12-24(22(31)13-18)39-16-20-10-11-21(32)15-23(20)33/h4-15,27H,3,16H2,1-2H3/b25-14-/t27-/m0/s1. The van der Waals surface area contributed by atoms with Crippen LogP contribution in [0.4, 0.5) is 0 Å². The number of benzene rings is 3. The first-order chi connectivity index (χ1) is 19.3. The van der Waals surface area contributed by atoms with E-state index in [4.69, 9.17) is 32.7 Å². The summed E-state index contributed by atoms with van der Waals surface area (Å²) in [5.74, 6) is 0.148. The molecule has 6 nitrogen and oxygen atoms in total. The summed E-state index contributed by atoms with van der Waals surface area (Å²) in [5, 5.41) is 1.10. The Balaban J connectivity index is 1.50. The molecule has 1 aromatic heterocycles. The number of halogens is 3. The number of carbonyl (C=O) groups is 1. The maximum atomic E-state index is 13.8. The van der Waals surface area contributed by atoms with Crippen molar-refractivity contribution in [3.05, 3.63) is 129 Å². The van der Waals surface area contributed by atoms with E-state index in [1.54, 1.807) is 36.6 Å². The van der Waals surface area contributed by atoms with E-state index in [2.05, 4.69) is 20.9 Å². The Kier molecular flexibility index (Phi) is 8.61. The molecule has 5 rings (SSSR count). The zero-order chi connectivity index (χ0) is 28.4. The van der Waals surface area contributed by atoms with E-state index < -0.39 is 12.0 Å². The number of aromatic nitrogens is 1. The van der Waals surface area contributed by atoms with Crippen LogP contribution in [0.3, 0.4) is 0 Å². The summed E-state index contributed by atoms with van der Waals surface area (Å²) in [4.78, 5) is 31.9. The van der Waals surface area contributed by atoms with E-state index in [0.29, 0.717) is 36.4 Å². The Morgan fingerprint density at radius 3 is 2.60 bits per heavy atom. The summed E-state index contributed by atoms with van der Waals surface area (Å²) >= 11 is 17.1. The van der Waals surface area contributed by atoms with Gasteiger partial charge in [0.15, 0.2) is 4.80 Å². The third kappa shape index (κ3) is 5.81. The van der Waals surface area contributed by atoms with Gasteiger partial charge in [-0.05, 0) is 71.2 Å². The molecule has 0 unspecified atom stereocenters. The van der Waals surface area contributed by atoms with Crippen LogP contribution in [0.1, 0.15) is 36.6 Å². The summed E-state index contributed by atoms with van der Waals surface area (Å²) in [7, 11) is 0. The van der Waals surface area contributed by atoms with Crippen LogP contribution in [0, 0.1) is 0 Å². The first kappa shape index (κ1) is 28.4. The van der Waals surface area contributed by atoms with E-state index in [-0.39, 0.29) is 18.8 Å². The predicted octanol–water partition coefficient (Wildman–Crippen LogP) is 6.45. The van der Waals surface area contributed by atoms with Crippen LogP contribution in [0.15, 0.2) is 92.3 Å². The number of rotatable bonds is 7. The largest absolute Gasteiger partial charge is 0.488 e. The fourth-order valence-corrected chi connectivity index (χ4v) is 6.43. The van der Waals surface area contributed by atoms with Crippen molar-refractivity contribution < 1.29 is 14.3 Å². The molecule has 0 radical (unpaired) electrons. The minimum Gasteiger partial charge on any atom is -0.488 e. The summed E-state index contributed by atoms with van der Waals surface area (Å²) in [6.07, 6.45) is 1.81. The molecule has 1 aliphatic rings. The molecule has 0 saturated heterocycles. The summed E-state index contributed by atoms with van der Waals surface area (Å²) in [5.41, 5.74) is 3.07. The third-order valence-electron chi connectivity index (χ3n) is 6.28. The lowest BCUT2D eigenvalue weighted by Gasteiger charge is -2.24. The Morgan fingerprint density at radius 2 is 1.90 bits per heavy atom. The number of hydrogen-bond donors (Lipinski definition) is 0. The van der Waals surface area contributed by atoms with Crippen LogP contribution >= 0.6 is 50.5 Å². The molecule has 1 aliphatic heterocycles. The molecule has 0 bridgehead atoms. The molecule has 4 aromatic rings. The summed E-state index contributed by atoms with van der Waals surface area (Å²) in [6, 6.07) is 19.6. The maximum Gasteiger partial charge on any atom is 0.338 e. The molecule has 0 amide bonds. The average molecular weight is 658 g/mol. The van der Waals surface area contributed by atoms with Crippen LogP contribution in [-0.4, -0.2) is 17.1 Å². The highest BCUT2D eigenvalue weighted by Gasteiger charge is 2.33. The van der Waals surface area contributed by atoms with E-state index in [1.165, 1.54) is 11.3 Å². The lowest BCUT2D eigenvalue weighted by atomic mass is 9.96. The van der Waals surface area contributed by atoms with Gasteiger partial charge in [-0.1, -0.05) is 77.0 Å². The van der Waals surface area contributed by atoms with E-state index in [9.17, 15) is 9.59 Å². The van der Waals surface area contributed by atoms with Gasteiger partial charge in [-0.25, -0.2) is 9.79 Å². The average Bonchev–Trinajstić information content (AvgIpc) is 3.23. The number of esters is 1. The lowest BCUT2D eigenvalue weighted by Crippen LogP contribution is -2.39. The number of carbonyl (C=O) groups excluding carboxylic acids is 1. The molecular formula is C30H23BrCl2N2O4S. The van der Waals surface area contributed by atoms with Gasteiger partial charge in [0.2, 0.25) is 0 Å². The Labute approximate surface area is 252 Å². The molecule has 0 fully saturated rings. The van der Waals surface area contributed by atoms with Crippen molar-refractivity contribution in [2.75, 3.05) is 6.61 Å². The molecule has 0 aliphatic carbocycles. The van der Waals surface area contributed by atoms with Crippen molar-refractivity contribution in [3.8, 4) is 5.75 Å². The highest BCUT2D eigenvalue weighted by molar-refractivity contribution is 9.10. The van der Waals surface area contributed by atoms with E-state index in [1.807, 2.05) is 54.6 Å². The van der Waals surface area contributed by atoms with Crippen molar-refractivity contribution in [2.24, 2.45) is 4.99 Å². The van der Waals surface area contributed by atoms with Gasteiger partial charge in [-0.15, -0.1) is 0 Å². The SMILES string of the molecule is CCOC(=O)C1=C(C)N=c2s/c(=C\c3ccc(OCc4ccc(Cl)cc4Cl)c(Br)c3)c(=O)n2[C@H]1c1ccccc1. The van der Waals surface area contributed by atoms with Crippen LogP contribution in [0.25, 0.3) is 6.08 Å². The van der Waals surface area contributed by atoms with Gasteiger partial charge in [0, 0.05) is 15.6 Å². The van der Waals surface area contributed by atoms with Crippen molar-refractivity contribution in [1.82, 2.24) is 4.57 Å². The molecule has 3 aromatic carbocycles. The van der Waals surface area contributed by atoms with Crippen LogP contribution in [0.5, 0.6) is 5.75 Å². The quantitative estimate of drug-likeness (QED) is 0.214. The van der Waals surface area contributed by atoms with Gasteiger partial charge < -0.3 is 9.47 Å². The zero-order valence-corrected chi connectivity index (χ0v) is 25.4. The van der Waals surface area contributed by atoms with Crippen molar-refractivity contribution >= 4 is 62.5 Å². The van der Waals surface area contributed by atoms with Gasteiger partial charge in [0.25, 0.3) is 5.56 Å². The highest BCUT2D eigenvalue weighted by Crippen LogP contribution is 2.31. The minimum atomic E-state index is -0.638. The normalized spacial score (nSPS) is 15.0. The van der Waals surface area contributed by atoms with Crippen molar-refractivity contribution in [1.29, 1.82) is 0 Å². The fraction of sp³-hybridized carbons (Fsp3) is 0.167. The Hall–Kier alpha value is -3.17. The number of hydrogen-bond acceptors (Lipinski definition) is 6. The smallest absolute Gasteiger partial charge is 0.338 e. The van der Waals surface area contributed by atoms with E-state index >= 15 is 0 Å². The zero-order valence-electron chi connectivity index (χ0n) is 21.5. The monoisotopic (exact) mass is 656 g/mol.